The van der Waals surface area contributed by atoms with Crippen LogP contribution in [0.25, 0.3) is 10.9 Å². The van der Waals surface area contributed by atoms with Crippen LogP contribution in [0.1, 0.15) is 30.4 Å². The molecule has 1 aromatic heterocycles. The van der Waals surface area contributed by atoms with E-state index in [2.05, 4.69) is 21.7 Å². The number of methoxy groups -OCH3 is 1. The second-order valence-corrected chi connectivity index (χ2v) is 7.94. The fourth-order valence-corrected chi connectivity index (χ4v) is 3.76. The summed E-state index contributed by atoms with van der Waals surface area (Å²) in [4.78, 5) is 29.5. The molecule has 3 N–H and O–H groups in total. The molecule has 7 nitrogen and oxygen atoms in total. The second kappa shape index (κ2) is 11.3. The molecular formula is C25H32N4O3. The van der Waals surface area contributed by atoms with Crippen molar-refractivity contribution < 1.29 is 14.3 Å². The van der Waals surface area contributed by atoms with Gasteiger partial charge >= 0.3 is 0 Å². The molecule has 2 amide bonds. The lowest BCUT2D eigenvalue weighted by molar-refractivity contribution is -0.124. The minimum atomic E-state index is -0.117. The van der Waals surface area contributed by atoms with E-state index in [0.29, 0.717) is 13.1 Å². The summed E-state index contributed by atoms with van der Waals surface area (Å²) in [6, 6.07) is 16.1. The number of nitrogens with zero attached hydrogens (tertiary/aromatic N) is 1. The zero-order valence-electron chi connectivity index (χ0n) is 19.0. The summed E-state index contributed by atoms with van der Waals surface area (Å²) in [7, 11) is 3.41. The third-order valence-electron chi connectivity index (χ3n) is 5.42. The predicted molar refractivity (Wildman–Crippen MR) is 127 cm³/mol. The summed E-state index contributed by atoms with van der Waals surface area (Å²) in [6.45, 7) is 3.45. The molecule has 7 heteroatoms. The van der Waals surface area contributed by atoms with Gasteiger partial charge in [0.25, 0.3) is 0 Å². The number of H-pyrrole nitrogens is 1. The molecule has 1 unspecified atom stereocenters. The third kappa shape index (κ3) is 6.11. The quantitative estimate of drug-likeness (QED) is 0.431. The van der Waals surface area contributed by atoms with Crippen molar-refractivity contribution in [3.8, 4) is 5.75 Å². The standard InChI is InChI=1S/C25H32N4O3/c1-4-13-26-24(30)16-29(2)17-25(31)28-14-21(18-9-11-19(32-3)12-10-18)22-15-27-23-8-6-5-7-20(22)23/h5-12,15,21,27H,4,13-14,16-17H2,1-3H3,(H,26,30)(H,28,31). The van der Waals surface area contributed by atoms with E-state index in [0.717, 1.165) is 34.2 Å². The molecule has 0 aliphatic heterocycles. The van der Waals surface area contributed by atoms with Gasteiger partial charge in [0.15, 0.2) is 0 Å². The maximum atomic E-state index is 12.6. The minimum Gasteiger partial charge on any atom is -0.497 e. The Morgan fingerprint density at radius 1 is 1.03 bits per heavy atom. The van der Waals surface area contributed by atoms with Crippen LogP contribution in [0.2, 0.25) is 0 Å². The highest BCUT2D eigenvalue weighted by Gasteiger charge is 2.20. The number of benzene rings is 2. The number of ether oxygens (including phenoxy) is 1. The van der Waals surface area contributed by atoms with E-state index in [4.69, 9.17) is 4.74 Å². The zero-order chi connectivity index (χ0) is 22.9. The largest absolute Gasteiger partial charge is 0.497 e. The van der Waals surface area contributed by atoms with Gasteiger partial charge in [0.2, 0.25) is 11.8 Å². The Labute approximate surface area is 189 Å². The summed E-state index contributed by atoms with van der Waals surface area (Å²) >= 11 is 0. The molecule has 0 aliphatic rings. The van der Waals surface area contributed by atoms with E-state index in [1.54, 1.807) is 19.1 Å². The van der Waals surface area contributed by atoms with E-state index in [9.17, 15) is 9.59 Å². The topological polar surface area (TPSA) is 86.5 Å². The number of hydrogen-bond donors (Lipinski definition) is 3. The van der Waals surface area contributed by atoms with Crippen LogP contribution in [-0.4, -0.2) is 62.0 Å². The van der Waals surface area contributed by atoms with Crippen LogP contribution in [0.3, 0.4) is 0 Å². The summed E-state index contributed by atoms with van der Waals surface area (Å²) < 4.78 is 5.29. The van der Waals surface area contributed by atoms with Gasteiger partial charge < -0.3 is 20.4 Å². The normalized spacial score (nSPS) is 12.0. The monoisotopic (exact) mass is 436 g/mol. The van der Waals surface area contributed by atoms with Gasteiger partial charge in [-0.3, -0.25) is 14.5 Å². The van der Waals surface area contributed by atoms with Crippen LogP contribution in [0.4, 0.5) is 0 Å². The van der Waals surface area contributed by atoms with Crippen molar-refractivity contribution in [2.24, 2.45) is 0 Å². The second-order valence-electron chi connectivity index (χ2n) is 7.94. The first-order chi connectivity index (χ1) is 15.5. The number of carbonyl (C=O) groups is 2. The number of aromatic nitrogens is 1. The highest BCUT2D eigenvalue weighted by Crippen LogP contribution is 2.31. The van der Waals surface area contributed by atoms with Gasteiger partial charge in [-0.1, -0.05) is 37.3 Å². The molecule has 1 heterocycles. The molecule has 0 spiro atoms. The first-order valence-electron chi connectivity index (χ1n) is 10.9. The minimum absolute atomic E-state index is 0.0286. The Balaban J connectivity index is 1.70. The SMILES string of the molecule is CCCNC(=O)CN(C)CC(=O)NCC(c1ccc(OC)cc1)c1c[nH]c2ccccc12. The van der Waals surface area contributed by atoms with Crippen molar-refractivity contribution in [1.82, 2.24) is 20.5 Å². The molecule has 0 bridgehead atoms. The smallest absolute Gasteiger partial charge is 0.234 e. The number of rotatable bonds is 11. The van der Waals surface area contributed by atoms with E-state index in [1.165, 1.54) is 0 Å². The van der Waals surface area contributed by atoms with Gasteiger partial charge in [-0.15, -0.1) is 0 Å². The van der Waals surface area contributed by atoms with Gasteiger partial charge in [-0.05, 0) is 42.8 Å². The molecule has 170 valence electrons. The molecule has 2 aromatic carbocycles. The van der Waals surface area contributed by atoms with Crippen LogP contribution >= 0.6 is 0 Å². The number of carbonyl (C=O) groups excluding carboxylic acids is 2. The van der Waals surface area contributed by atoms with Gasteiger partial charge in [-0.25, -0.2) is 0 Å². The molecule has 0 fully saturated rings. The Kier molecular flexibility index (Phi) is 8.27. The number of fused-ring (bicyclic) bond motifs is 1. The van der Waals surface area contributed by atoms with Gasteiger partial charge in [-0.2, -0.15) is 0 Å². The van der Waals surface area contributed by atoms with Crippen molar-refractivity contribution >= 4 is 22.7 Å². The van der Waals surface area contributed by atoms with Crippen molar-refractivity contribution in [2.45, 2.75) is 19.3 Å². The predicted octanol–water partition coefficient (Wildman–Crippen LogP) is 2.88. The van der Waals surface area contributed by atoms with Crippen LogP contribution in [0.15, 0.2) is 54.7 Å². The Morgan fingerprint density at radius 3 is 2.41 bits per heavy atom. The van der Waals surface area contributed by atoms with Crippen molar-refractivity contribution in [3.05, 3.63) is 65.9 Å². The average Bonchev–Trinajstić information content (AvgIpc) is 3.22. The molecule has 0 radical (unpaired) electrons. The van der Waals surface area contributed by atoms with Gasteiger partial charge in [0, 0.05) is 36.1 Å². The molecule has 1 atom stereocenters. The number of likely N-dealkylation sites (N-methyl/N-ethyl adjacent to an activating group) is 1. The number of para-hydroxylation sites is 1. The lowest BCUT2D eigenvalue weighted by Crippen LogP contribution is -2.41. The first kappa shape index (κ1) is 23.3. The fourth-order valence-electron chi connectivity index (χ4n) is 3.76. The molecule has 0 saturated carbocycles. The summed E-state index contributed by atoms with van der Waals surface area (Å²) in [5, 5.41) is 7.01. The lowest BCUT2D eigenvalue weighted by atomic mass is 9.90. The van der Waals surface area contributed by atoms with Gasteiger partial charge in [0.05, 0.1) is 20.2 Å². The highest BCUT2D eigenvalue weighted by atomic mass is 16.5. The van der Waals surface area contributed by atoms with Crippen LogP contribution in [0, 0.1) is 0 Å². The van der Waals surface area contributed by atoms with Crippen molar-refractivity contribution in [1.29, 1.82) is 0 Å². The van der Waals surface area contributed by atoms with Crippen LogP contribution < -0.4 is 15.4 Å². The van der Waals surface area contributed by atoms with Crippen molar-refractivity contribution in [2.75, 3.05) is 40.3 Å². The van der Waals surface area contributed by atoms with Crippen LogP contribution in [-0.2, 0) is 9.59 Å². The third-order valence-corrected chi connectivity index (χ3v) is 5.42. The Morgan fingerprint density at radius 2 is 1.72 bits per heavy atom. The molecule has 0 aliphatic carbocycles. The number of hydrogen-bond acceptors (Lipinski definition) is 4. The first-order valence-corrected chi connectivity index (χ1v) is 10.9. The maximum Gasteiger partial charge on any atom is 0.234 e. The summed E-state index contributed by atoms with van der Waals surface area (Å²) in [5.74, 6) is 0.573. The van der Waals surface area contributed by atoms with Crippen molar-refractivity contribution in [3.63, 3.8) is 0 Å². The molecule has 32 heavy (non-hydrogen) atoms. The van der Waals surface area contributed by atoms with Crippen LogP contribution in [0.5, 0.6) is 5.75 Å². The summed E-state index contributed by atoms with van der Waals surface area (Å²) in [6.07, 6.45) is 2.90. The Hall–Kier alpha value is -3.32. The number of aromatic amines is 1. The molecule has 3 aromatic rings. The number of amides is 2. The molecule has 0 saturated heterocycles. The zero-order valence-corrected chi connectivity index (χ0v) is 19.0. The average molecular weight is 437 g/mol. The van der Waals surface area contributed by atoms with E-state index >= 15 is 0 Å². The van der Waals surface area contributed by atoms with E-state index < -0.39 is 0 Å². The number of nitrogens with one attached hydrogen (secondary N) is 3. The van der Waals surface area contributed by atoms with E-state index in [-0.39, 0.29) is 30.8 Å². The lowest BCUT2D eigenvalue weighted by Gasteiger charge is -2.20. The van der Waals surface area contributed by atoms with E-state index in [1.807, 2.05) is 55.6 Å². The molecular weight excluding hydrogens is 404 g/mol. The van der Waals surface area contributed by atoms with Gasteiger partial charge in [0.1, 0.15) is 5.75 Å². The molecule has 3 rings (SSSR count). The maximum absolute atomic E-state index is 12.6. The highest BCUT2D eigenvalue weighted by molar-refractivity contribution is 5.85. The Bertz CT molecular complexity index is 1030. The summed E-state index contributed by atoms with van der Waals surface area (Å²) in [5.41, 5.74) is 3.27. The fraction of sp³-hybridized carbons (Fsp3) is 0.360.